The molecule has 0 spiro atoms. The van der Waals surface area contributed by atoms with E-state index in [0.29, 0.717) is 6.42 Å². The summed E-state index contributed by atoms with van der Waals surface area (Å²) in [4.78, 5) is 10.3. The maximum atomic E-state index is 10.3. The Kier molecular flexibility index (Phi) is 4.60. The Balaban J connectivity index is 0.000000810. The molecule has 0 bridgehead atoms. The van der Waals surface area contributed by atoms with Crippen LogP contribution in [0.2, 0.25) is 0 Å². The molecule has 0 aromatic rings. The molecule has 0 N–H and O–H groups in total. The molecule has 1 aliphatic heterocycles. The summed E-state index contributed by atoms with van der Waals surface area (Å²) in [7, 11) is 0. The third kappa shape index (κ3) is 2.27. The van der Waals surface area contributed by atoms with Crippen LogP contribution in [0.3, 0.4) is 0 Å². The standard InChI is InChI=1S/C5H5BrO2S.Na/c6-5(4(7)8)2-1-3-9-5;/h1,3H,2H2,(H,7,8);/q;+1/p-1. The minimum absolute atomic E-state index is 0. The molecule has 0 saturated carbocycles. The van der Waals surface area contributed by atoms with Crippen LogP contribution in [-0.4, -0.2) is 9.63 Å². The second kappa shape index (κ2) is 4.16. The van der Waals surface area contributed by atoms with Gasteiger partial charge in [-0.1, -0.05) is 22.0 Å². The summed E-state index contributed by atoms with van der Waals surface area (Å²) in [6.07, 6.45) is 2.30. The number of hydrogen-bond donors (Lipinski definition) is 0. The molecule has 1 aliphatic rings. The van der Waals surface area contributed by atoms with Crippen LogP contribution in [0, 0.1) is 0 Å². The molecule has 5 heteroatoms. The number of aliphatic carboxylic acids is 1. The van der Waals surface area contributed by atoms with Gasteiger partial charge in [0.2, 0.25) is 0 Å². The van der Waals surface area contributed by atoms with E-state index in [1.807, 2.05) is 0 Å². The van der Waals surface area contributed by atoms with Gasteiger partial charge in [0, 0.05) is 0 Å². The summed E-state index contributed by atoms with van der Waals surface area (Å²) >= 11 is 4.28. The fourth-order valence-corrected chi connectivity index (χ4v) is 1.74. The maximum Gasteiger partial charge on any atom is 1.00 e. The van der Waals surface area contributed by atoms with Crippen LogP contribution in [-0.2, 0) is 4.79 Å². The monoisotopic (exact) mass is 230 g/mol. The average molecular weight is 231 g/mol. The van der Waals surface area contributed by atoms with Crippen LogP contribution >= 0.6 is 27.7 Å². The molecule has 50 valence electrons. The molecular formula is C5H4BrNaO2S. The number of carboxylic acids is 1. The van der Waals surface area contributed by atoms with Gasteiger partial charge in [0.05, 0.1) is 5.97 Å². The van der Waals surface area contributed by atoms with Gasteiger partial charge in [0.15, 0.2) is 0 Å². The van der Waals surface area contributed by atoms with Crippen LogP contribution in [0.15, 0.2) is 11.5 Å². The first-order valence-electron chi connectivity index (χ1n) is 2.38. The van der Waals surface area contributed by atoms with E-state index < -0.39 is 9.63 Å². The molecular weight excluding hydrogens is 227 g/mol. The topological polar surface area (TPSA) is 40.1 Å². The molecule has 1 heterocycles. The third-order valence-electron chi connectivity index (χ3n) is 1.04. The van der Waals surface area contributed by atoms with Crippen molar-refractivity contribution in [2.24, 2.45) is 0 Å². The van der Waals surface area contributed by atoms with Gasteiger partial charge in [-0.25, -0.2) is 0 Å². The van der Waals surface area contributed by atoms with Crippen molar-refractivity contribution in [1.29, 1.82) is 0 Å². The van der Waals surface area contributed by atoms with E-state index in [1.165, 1.54) is 11.8 Å². The van der Waals surface area contributed by atoms with Gasteiger partial charge >= 0.3 is 29.6 Å². The number of carbonyl (C=O) groups is 1. The van der Waals surface area contributed by atoms with Crippen molar-refractivity contribution >= 4 is 33.7 Å². The molecule has 1 rings (SSSR count). The molecule has 0 saturated heterocycles. The summed E-state index contributed by atoms with van der Waals surface area (Å²) in [6, 6.07) is 0. The van der Waals surface area contributed by atoms with E-state index >= 15 is 0 Å². The van der Waals surface area contributed by atoms with E-state index in [-0.39, 0.29) is 29.6 Å². The van der Waals surface area contributed by atoms with Crippen molar-refractivity contribution in [3.8, 4) is 0 Å². The van der Waals surface area contributed by atoms with Crippen LogP contribution in [0.5, 0.6) is 0 Å². The molecule has 1 atom stereocenters. The Hall–Kier alpha value is 1.04. The van der Waals surface area contributed by atoms with Crippen molar-refractivity contribution in [2.45, 2.75) is 10.1 Å². The van der Waals surface area contributed by atoms with Gasteiger partial charge in [0.25, 0.3) is 0 Å². The predicted molar refractivity (Wildman–Crippen MR) is 38.0 cm³/mol. The average Bonchev–Trinajstić information content (AvgIpc) is 2.16. The first-order valence-corrected chi connectivity index (χ1v) is 4.05. The van der Waals surface area contributed by atoms with Gasteiger partial charge in [-0.3, -0.25) is 0 Å². The molecule has 1 unspecified atom stereocenters. The summed E-state index contributed by atoms with van der Waals surface area (Å²) in [5.41, 5.74) is 0. The van der Waals surface area contributed by atoms with Gasteiger partial charge < -0.3 is 9.90 Å². The second-order valence-corrected chi connectivity index (χ2v) is 4.79. The number of allylic oxidation sites excluding steroid dienone is 1. The summed E-state index contributed by atoms with van der Waals surface area (Å²) in [5.74, 6) is -1.06. The van der Waals surface area contributed by atoms with Crippen LogP contribution in [0.25, 0.3) is 0 Å². The minimum atomic E-state index is -1.06. The Bertz CT molecular complexity index is 163. The van der Waals surface area contributed by atoms with Gasteiger partial charge in [0.1, 0.15) is 3.66 Å². The zero-order valence-corrected chi connectivity index (χ0v) is 9.87. The number of hydrogen-bond acceptors (Lipinski definition) is 3. The number of thioether (sulfide) groups is 1. The molecule has 0 fully saturated rings. The zero-order chi connectivity index (χ0) is 6.91. The number of alkyl halides is 1. The largest absolute Gasteiger partial charge is 1.00 e. The van der Waals surface area contributed by atoms with Crippen molar-refractivity contribution in [3.63, 3.8) is 0 Å². The SMILES string of the molecule is O=C([O-])C1(Br)CC=CS1.[Na+]. The first kappa shape index (κ1) is 11.0. The van der Waals surface area contributed by atoms with Crippen LogP contribution in [0.4, 0.5) is 0 Å². The van der Waals surface area contributed by atoms with Crippen molar-refractivity contribution in [3.05, 3.63) is 11.5 Å². The number of carboxylic acid groups (broad SMARTS) is 1. The van der Waals surface area contributed by atoms with E-state index in [0.717, 1.165) is 0 Å². The van der Waals surface area contributed by atoms with Crippen molar-refractivity contribution < 1.29 is 39.5 Å². The van der Waals surface area contributed by atoms with Gasteiger partial charge in [-0.05, 0) is 11.8 Å². The number of rotatable bonds is 1. The predicted octanol–water partition coefficient (Wildman–Crippen LogP) is -2.52. The van der Waals surface area contributed by atoms with Crippen molar-refractivity contribution in [2.75, 3.05) is 0 Å². The zero-order valence-electron chi connectivity index (χ0n) is 5.46. The third-order valence-corrected chi connectivity index (χ3v) is 3.28. The Morgan fingerprint density at radius 1 is 1.80 bits per heavy atom. The summed E-state index contributed by atoms with van der Waals surface area (Å²) in [5, 5.41) is 12.1. The smallest absolute Gasteiger partial charge is 0.548 e. The van der Waals surface area contributed by atoms with E-state index in [2.05, 4.69) is 15.9 Å². The molecule has 0 amide bonds. The number of halogens is 1. The normalized spacial score (nSPS) is 29.7. The molecule has 0 aliphatic carbocycles. The Morgan fingerprint density at radius 2 is 2.40 bits per heavy atom. The quantitative estimate of drug-likeness (QED) is 0.369. The number of carbonyl (C=O) groups excluding carboxylic acids is 1. The second-order valence-electron chi connectivity index (χ2n) is 1.71. The maximum absolute atomic E-state index is 10.3. The molecule has 2 nitrogen and oxygen atoms in total. The summed E-state index contributed by atoms with van der Waals surface area (Å²) in [6.45, 7) is 0. The Morgan fingerprint density at radius 3 is 2.60 bits per heavy atom. The van der Waals surface area contributed by atoms with E-state index in [4.69, 9.17) is 0 Å². The van der Waals surface area contributed by atoms with Crippen LogP contribution < -0.4 is 34.7 Å². The molecule has 0 aromatic carbocycles. The van der Waals surface area contributed by atoms with E-state index in [9.17, 15) is 9.90 Å². The fourth-order valence-electron chi connectivity index (χ4n) is 0.535. The summed E-state index contributed by atoms with van der Waals surface area (Å²) < 4.78 is -0.882. The molecule has 0 aromatic heterocycles. The fraction of sp³-hybridized carbons (Fsp3) is 0.400. The minimum Gasteiger partial charge on any atom is -0.548 e. The van der Waals surface area contributed by atoms with E-state index in [1.54, 1.807) is 11.5 Å². The van der Waals surface area contributed by atoms with Crippen LogP contribution in [0.1, 0.15) is 6.42 Å². The van der Waals surface area contributed by atoms with Crippen molar-refractivity contribution in [1.82, 2.24) is 0 Å². The molecule has 10 heavy (non-hydrogen) atoms. The van der Waals surface area contributed by atoms with Gasteiger partial charge in [-0.2, -0.15) is 0 Å². The van der Waals surface area contributed by atoms with Gasteiger partial charge in [-0.15, -0.1) is 11.8 Å². The molecule has 0 radical (unpaired) electrons. The Labute approximate surface area is 93.9 Å². The first-order chi connectivity index (χ1) is 4.15.